The van der Waals surface area contributed by atoms with Crippen molar-refractivity contribution in [2.24, 2.45) is 0 Å². The molecule has 0 heterocycles. The quantitative estimate of drug-likeness (QED) is 0.515. The lowest BCUT2D eigenvalue weighted by Crippen LogP contribution is -2.22. The molecule has 0 amide bonds. The van der Waals surface area contributed by atoms with Crippen LogP contribution in [-0.2, 0) is 0 Å². The first-order chi connectivity index (χ1) is 10.5. The van der Waals surface area contributed by atoms with Crippen LogP contribution in [0, 0.1) is 0 Å². The molecule has 2 aromatic rings. The van der Waals surface area contributed by atoms with Gasteiger partial charge in [0.25, 0.3) is 0 Å². The largest absolute Gasteiger partial charge is 0.478 e. The maximum atomic E-state index is 10.9. The molecule has 0 fully saturated rings. The number of aliphatic hydroxyl groups is 2. The van der Waals surface area contributed by atoms with Crippen molar-refractivity contribution in [1.29, 1.82) is 0 Å². The van der Waals surface area contributed by atoms with Gasteiger partial charge in [0, 0.05) is 23.5 Å². The number of benzene rings is 2. The van der Waals surface area contributed by atoms with Gasteiger partial charge in [-0.05, 0) is 35.9 Å². The van der Waals surface area contributed by atoms with Crippen LogP contribution in [-0.4, -0.2) is 40.5 Å². The molecule has 116 valence electrons. The molecule has 0 spiro atoms. The van der Waals surface area contributed by atoms with Gasteiger partial charge >= 0.3 is 5.97 Å². The van der Waals surface area contributed by atoms with E-state index >= 15 is 0 Å². The number of rotatable bonds is 6. The first-order valence-electron chi connectivity index (χ1n) is 6.77. The summed E-state index contributed by atoms with van der Waals surface area (Å²) < 4.78 is 0. The molecule has 0 saturated heterocycles. The third-order valence-corrected chi connectivity index (χ3v) is 3.25. The zero-order chi connectivity index (χ0) is 16.1. The van der Waals surface area contributed by atoms with Crippen LogP contribution in [0.3, 0.4) is 0 Å². The number of nitrogen functional groups attached to an aromatic ring is 1. The van der Waals surface area contributed by atoms with Crippen molar-refractivity contribution in [2.75, 3.05) is 24.2 Å². The molecule has 1 unspecified atom stereocenters. The number of carboxylic acids is 1. The van der Waals surface area contributed by atoms with Crippen LogP contribution >= 0.6 is 0 Å². The van der Waals surface area contributed by atoms with Gasteiger partial charge in [-0.15, -0.1) is 0 Å². The van der Waals surface area contributed by atoms with Crippen molar-refractivity contribution in [3.63, 3.8) is 0 Å². The molecule has 2 rings (SSSR count). The minimum atomic E-state index is -0.979. The summed E-state index contributed by atoms with van der Waals surface area (Å²) in [6, 6.07) is 11.8. The highest BCUT2D eigenvalue weighted by atomic mass is 16.4. The van der Waals surface area contributed by atoms with E-state index in [9.17, 15) is 9.90 Å². The van der Waals surface area contributed by atoms with E-state index in [-0.39, 0.29) is 18.7 Å². The molecule has 0 aliphatic rings. The monoisotopic (exact) mass is 302 g/mol. The molecule has 0 aromatic heterocycles. The normalized spacial score (nSPS) is 11.9. The minimum absolute atomic E-state index is 0.211. The fourth-order valence-corrected chi connectivity index (χ4v) is 2.01. The molecular formula is C16H18N2O4. The number of nitrogens with two attached hydrogens (primary N) is 1. The Kier molecular flexibility index (Phi) is 4.98. The molecule has 0 bridgehead atoms. The third kappa shape index (κ3) is 3.75. The summed E-state index contributed by atoms with van der Waals surface area (Å²) in [6.07, 6.45) is -0.837. The number of anilines is 2. The average molecular weight is 302 g/mol. The van der Waals surface area contributed by atoms with Gasteiger partial charge < -0.3 is 26.4 Å². The fourth-order valence-electron chi connectivity index (χ4n) is 2.01. The van der Waals surface area contributed by atoms with Gasteiger partial charge in [0.2, 0.25) is 0 Å². The summed E-state index contributed by atoms with van der Waals surface area (Å²) >= 11 is 0. The summed E-state index contributed by atoms with van der Waals surface area (Å²) in [4.78, 5) is 10.9. The second kappa shape index (κ2) is 6.93. The molecule has 0 aliphatic carbocycles. The molecule has 0 radical (unpaired) electrons. The molecule has 6 N–H and O–H groups in total. The molecule has 1 atom stereocenters. The Morgan fingerprint density at radius 3 is 2.45 bits per heavy atom. The van der Waals surface area contributed by atoms with Crippen LogP contribution in [0.15, 0.2) is 42.5 Å². The molecule has 6 nitrogen and oxygen atoms in total. The van der Waals surface area contributed by atoms with Gasteiger partial charge in [-0.25, -0.2) is 4.79 Å². The van der Waals surface area contributed by atoms with Gasteiger partial charge in [0.05, 0.1) is 18.3 Å². The van der Waals surface area contributed by atoms with Crippen molar-refractivity contribution in [2.45, 2.75) is 6.10 Å². The maximum absolute atomic E-state index is 10.9. The Balaban J connectivity index is 2.24. The van der Waals surface area contributed by atoms with E-state index in [2.05, 4.69) is 5.32 Å². The first kappa shape index (κ1) is 15.8. The highest BCUT2D eigenvalue weighted by Crippen LogP contribution is 2.29. The first-order valence-corrected chi connectivity index (χ1v) is 6.77. The Morgan fingerprint density at radius 1 is 1.18 bits per heavy atom. The van der Waals surface area contributed by atoms with Crippen molar-refractivity contribution in [3.05, 3.63) is 48.0 Å². The SMILES string of the molecule is Nc1ccc(NCC(O)CO)cc1-c1ccc(C(=O)O)cc1. The topological polar surface area (TPSA) is 116 Å². The number of nitrogens with one attached hydrogen (secondary N) is 1. The summed E-state index contributed by atoms with van der Waals surface area (Å²) in [5, 5.41) is 30.1. The van der Waals surface area contributed by atoms with Gasteiger partial charge in [-0.1, -0.05) is 12.1 Å². The predicted molar refractivity (Wildman–Crippen MR) is 84.8 cm³/mol. The number of aromatic carboxylic acids is 1. The molecule has 0 aliphatic heterocycles. The Morgan fingerprint density at radius 2 is 1.86 bits per heavy atom. The van der Waals surface area contributed by atoms with Gasteiger partial charge in [-0.3, -0.25) is 0 Å². The number of aliphatic hydroxyl groups excluding tert-OH is 2. The van der Waals surface area contributed by atoms with E-state index < -0.39 is 12.1 Å². The molecule has 22 heavy (non-hydrogen) atoms. The summed E-state index contributed by atoms with van der Waals surface area (Å²) in [5.41, 5.74) is 9.06. The van der Waals surface area contributed by atoms with Crippen molar-refractivity contribution in [1.82, 2.24) is 0 Å². The standard InChI is InChI=1S/C16H18N2O4/c17-15-6-5-12(18-8-13(20)9-19)7-14(15)10-1-3-11(4-2-10)16(21)22/h1-7,13,18-20H,8-9,17H2,(H,21,22). The lowest BCUT2D eigenvalue weighted by molar-refractivity contribution is 0.0697. The Hall–Kier alpha value is -2.57. The summed E-state index contributed by atoms with van der Waals surface area (Å²) in [6.45, 7) is -0.0940. The van der Waals surface area contributed by atoms with Crippen molar-refractivity contribution in [3.8, 4) is 11.1 Å². The smallest absolute Gasteiger partial charge is 0.335 e. The van der Waals surface area contributed by atoms with Gasteiger partial charge in [0.15, 0.2) is 0 Å². The van der Waals surface area contributed by atoms with E-state index in [1.54, 1.807) is 24.3 Å². The number of carbonyl (C=O) groups is 1. The number of carboxylic acid groups (broad SMARTS) is 1. The van der Waals surface area contributed by atoms with Crippen molar-refractivity contribution >= 4 is 17.3 Å². The predicted octanol–water partition coefficient (Wildman–Crippen LogP) is 1.40. The van der Waals surface area contributed by atoms with E-state index in [1.807, 2.05) is 6.07 Å². The van der Waals surface area contributed by atoms with Crippen LogP contribution in [0.5, 0.6) is 0 Å². The summed E-state index contributed by atoms with van der Waals surface area (Å²) in [7, 11) is 0. The zero-order valence-electron chi connectivity index (χ0n) is 11.9. The minimum Gasteiger partial charge on any atom is -0.478 e. The van der Waals surface area contributed by atoms with Crippen LogP contribution in [0.4, 0.5) is 11.4 Å². The molecule has 6 heteroatoms. The lowest BCUT2D eigenvalue weighted by atomic mass is 10.0. The van der Waals surface area contributed by atoms with Crippen LogP contribution in [0.2, 0.25) is 0 Å². The van der Waals surface area contributed by atoms with E-state index in [0.29, 0.717) is 5.69 Å². The molecule has 2 aromatic carbocycles. The third-order valence-electron chi connectivity index (χ3n) is 3.25. The molecular weight excluding hydrogens is 284 g/mol. The highest BCUT2D eigenvalue weighted by molar-refractivity contribution is 5.89. The molecule has 0 saturated carbocycles. The van der Waals surface area contributed by atoms with Crippen LogP contribution < -0.4 is 11.1 Å². The average Bonchev–Trinajstić information content (AvgIpc) is 2.53. The Labute approximate surface area is 127 Å². The van der Waals surface area contributed by atoms with E-state index in [4.69, 9.17) is 15.9 Å². The number of hydrogen-bond donors (Lipinski definition) is 5. The summed E-state index contributed by atoms with van der Waals surface area (Å²) in [5.74, 6) is -0.979. The second-order valence-corrected chi connectivity index (χ2v) is 4.90. The fraction of sp³-hybridized carbons (Fsp3) is 0.188. The zero-order valence-corrected chi connectivity index (χ0v) is 11.9. The van der Waals surface area contributed by atoms with Crippen LogP contribution in [0.1, 0.15) is 10.4 Å². The van der Waals surface area contributed by atoms with Crippen molar-refractivity contribution < 1.29 is 20.1 Å². The lowest BCUT2D eigenvalue weighted by Gasteiger charge is -2.13. The maximum Gasteiger partial charge on any atom is 0.335 e. The van der Waals surface area contributed by atoms with Gasteiger partial charge in [0.1, 0.15) is 0 Å². The van der Waals surface area contributed by atoms with Gasteiger partial charge in [-0.2, -0.15) is 0 Å². The number of hydrogen-bond acceptors (Lipinski definition) is 5. The highest BCUT2D eigenvalue weighted by Gasteiger charge is 2.08. The van der Waals surface area contributed by atoms with E-state index in [1.165, 1.54) is 12.1 Å². The van der Waals surface area contributed by atoms with Crippen LogP contribution in [0.25, 0.3) is 11.1 Å². The Bertz CT molecular complexity index is 656. The second-order valence-electron chi connectivity index (χ2n) is 4.90. The van der Waals surface area contributed by atoms with E-state index in [0.717, 1.165) is 16.8 Å².